The van der Waals surface area contributed by atoms with Crippen molar-refractivity contribution in [2.45, 2.75) is 32.2 Å². The first-order chi connectivity index (χ1) is 10.1. The van der Waals surface area contributed by atoms with Gasteiger partial charge in [-0.15, -0.1) is 11.3 Å². The van der Waals surface area contributed by atoms with Gasteiger partial charge in [-0.05, 0) is 37.8 Å². The molecule has 0 bridgehead atoms. The topological polar surface area (TPSA) is 46.1 Å². The first kappa shape index (κ1) is 14.2. The summed E-state index contributed by atoms with van der Waals surface area (Å²) in [6.07, 6.45) is 6.42. The number of hydrogen-bond donors (Lipinski definition) is 0. The molecular formula is C16H19N3OS. The van der Waals surface area contributed by atoms with E-state index in [1.807, 2.05) is 29.5 Å². The molecule has 3 rings (SSSR count). The van der Waals surface area contributed by atoms with Gasteiger partial charge >= 0.3 is 0 Å². The number of nitrogens with zero attached hydrogens (tertiary/aromatic N) is 3. The monoisotopic (exact) mass is 301 g/mol. The average Bonchev–Trinajstić information content (AvgIpc) is 3.26. The maximum atomic E-state index is 12.3. The Balaban J connectivity index is 1.65. The van der Waals surface area contributed by atoms with Gasteiger partial charge in [0, 0.05) is 36.4 Å². The van der Waals surface area contributed by atoms with Crippen molar-refractivity contribution in [2.24, 2.45) is 5.92 Å². The summed E-state index contributed by atoms with van der Waals surface area (Å²) < 4.78 is 0. The van der Waals surface area contributed by atoms with E-state index >= 15 is 0 Å². The molecule has 2 aromatic rings. The molecule has 5 heteroatoms. The van der Waals surface area contributed by atoms with E-state index in [4.69, 9.17) is 0 Å². The molecule has 0 radical (unpaired) electrons. The van der Waals surface area contributed by atoms with Crippen molar-refractivity contribution in [3.05, 3.63) is 35.6 Å². The summed E-state index contributed by atoms with van der Waals surface area (Å²) in [5.41, 5.74) is 1.85. The Kier molecular flexibility index (Phi) is 4.01. The third kappa shape index (κ3) is 3.29. The highest BCUT2D eigenvalue weighted by Crippen LogP contribution is 2.34. The summed E-state index contributed by atoms with van der Waals surface area (Å²) in [6.45, 7) is 2.14. The summed E-state index contributed by atoms with van der Waals surface area (Å²) in [5, 5.41) is 2.89. The number of likely N-dealkylation sites (N-methyl/N-ethyl adjacent to an activating group) is 1. The average molecular weight is 301 g/mol. The zero-order valence-electron chi connectivity index (χ0n) is 12.3. The predicted octanol–water partition coefficient (Wildman–Crippen LogP) is 3.00. The molecule has 2 aromatic heterocycles. The minimum Gasteiger partial charge on any atom is -0.342 e. The van der Waals surface area contributed by atoms with Gasteiger partial charge in [-0.1, -0.05) is 0 Å². The van der Waals surface area contributed by atoms with Crippen LogP contribution in [0, 0.1) is 5.92 Å². The number of thiazole rings is 1. The van der Waals surface area contributed by atoms with E-state index in [9.17, 15) is 4.79 Å². The van der Waals surface area contributed by atoms with Crippen LogP contribution < -0.4 is 0 Å². The van der Waals surface area contributed by atoms with E-state index in [-0.39, 0.29) is 5.91 Å². The van der Waals surface area contributed by atoms with Gasteiger partial charge in [0.2, 0.25) is 5.91 Å². The SMILES string of the molecule is CC(C1CC1)N(C)C(=O)Cc1csc(-c2cccnc2)n1. The van der Waals surface area contributed by atoms with Crippen LogP contribution in [0.1, 0.15) is 25.5 Å². The van der Waals surface area contributed by atoms with Gasteiger partial charge in [0.25, 0.3) is 0 Å². The summed E-state index contributed by atoms with van der Waals surface area (Å²) in [6, 6.07) is 4.22. The molecular weight excluding hydrogens is 282 g/mol. The lowest BCUT2D eigenvalue weighted by Gasteiger charge is -2.24. The molecule has 1 amide bonds. The van der Waals surface area contributed by atoms with Crippen molar-refractivity contribution < 1.29 is 4.79 Å². The Morgan fingerprint density at radius 1 is 1.52 bits per heavy atom. The molecule has 0 N–H and O–H groups in total. The van der Waals surface area contributed by atoms with Gasteiger partial charge in [-0.2, -0.15) is 0 Å². The number of pyridine rings is 1. The number of carbonyl (C=O) groups excluding carboxylic acids is 1. The Morgan fingerprint density at radius 3 is 3.00 bits per heavy atom. The highest BCUT2D eigenvalue weighted by molar-refractivity contribution is 7.13. The highest BCUT2D eigenvalue weighted by Gasteiger charge is 2.32. The van der Waals surface area contributed by atoms with Gasteiger partial charge in [0.1, 0.15) is 5.01 Å². The summed E-state index contributed by atoms with van der Waals surface area (Å²) in [5.74, 6) is 0.845. The zero-order valence-corrected chi connectivity index (χ0v) is 13.1. The molecule has 1 aliphatic carbocycles. The van der Waals surface area contributed by atoms with Crippen molar-refractivity contribution in [1.29, 1.82) is 0 Å². The van der Waals surface area contributed by atoms with Crippen LogP contribution in [0.2, 0.25) is 0 Å². The molecule has 0 aromatic carbocycles. The van der Waals surface area contributed by atoms with Crippen LogP contribution >= 0.6 is 11.3 Å². The van der Waals surface area contributed by atoms with Crippen LogP contribution in [0.15, 0.2) is 29.9 Å². The van der Waals surface area contributed by atoms with Crippen LogP contribution in [-0.4, -0.2) is 33.9 Å². The van der Waals surface area contributed by atoms with Crippen molar-refractivity contribution in [3.8, 4) is 10.6 Å². The van der Waals surface area contributed by atoms with E-state index in [0.717, 1.165) is 16.3 Å². The van der Waals surface area contributed by atoms with E-state index in [1.54, 1.807) is 23.7 Å². The fourth-order valence-corrected chi connectivity index (χ4v) is 3.22. The molecule has 21 heavy (non-hydrogen) atoms. The third-order valence-electron chi connectivity index (χ3n) is 4.10. The second-order valence-corrected chi connectivity index (χ2v) is 6.50. The standard InChI is InChI=1S/C16H19N3OS/c1-11(12-5-6-12)19(2)15(20)8-14-10-21-16(18-14)13-4-3-7-17-9-13/h3-4,7,9-12H,5-6,8H2,1-2H3. The van der Waals surface area contributed by atoms with Gasteiger partial charge in [-0.3, -0.25) is 9.78 Å². The van der Waals surface area contributed by atoms with Crippen molar-refractivity contribution >= 4 is 17.2 Å². The smallest absolute Gasteiger partial charge is 0.228 e. The fraction of sp³-hybridized carbons (Fsp3) is 0.438. The Labute approximate surface area is 128 Å². The second kappa shape index (κ2) is 5.93. The highest BCUT2D eigenvalue weighted by atomic mass is 32.1. The van der Waals surface area contributed by atoms with E-state index < -0.39 is 0 Å². The first-order valence-corrected chi connectivity index (χ1v) is 8.13. The lowest BCUT2D eigenvalue weighted by molar-refractivity contribution is -0.131. The molecule has 1 fully saturated rings. The van der Waals surface area contributed by atoms with E-state index in [1.165, 1.54) is 12.8 Å². The lowest BCUT2D eigenvalue weighted by Crippen LogP contribution is -2.37. The van der Waals surface area contributed by atoms with Crippen molar-refractivity contribution in [3.63, 3.8) is 0 Å². The minimum absolute atomic E-state index is 0.150. The van der Waals surface area contributed by atoms with Crippen LogP contribution in [0.5, 0.6) is 0 Å². The molecule has 0 spiro atoms. The molecule has 110 valence electrons. The number of rotatable bonds is 5. The quantitative estimate of drug-likeness (QED) is 0.853. The Bertz CT molecular complexity index is 621. The lowest BCUT2D eigenvalue weighted by atomic mass is 10.2. The van der Waals surface area contributed by atoms with Crippen molar-refractivity contribution in [1.82, 2.24) is 14.9 Å². The van der Waals surface area contributed by atoms with E-state index in [0.29, 0.717) is 18.4 Å². The van der Waals surface area contributed by atoms with Gasteiger partial charge in [0.05, 0.1) is 12.1 Å². The molecule has 1 atom stereocenters. The number of carbonyl (C=O) groups is 1. The molecule has 2 heterocycles. The van der Waals surface area contributed by atoms with Gasteiger partial charge < -0.3 is 4.90 Å². The van der Waals surface area contributed by atoms with Gasteiger partial charge in [0.15, 0.2) is 0 Å². The predicted molar refractivity (Wildman–Crippen MR) is 84.0 cm³/mol. The second-order valence-electron chi connectivity index (χ2n) is 5.65. The fourth-order valence-electron chi connectivity index (χ4n) is 2.41. The molecule has 1 saturated carbocycles. The minimum atomic E-state index is 0.150. The number of amides is 1. The summed E-state index contributed by atoms with van der Waals surface area (Å²) in [4.78, 5) is 22.8. The zero-order chi connectivity index (χ0) is 14.8. The maximum Gasteiger partial charge on any atom is 0.228 e. The largest absolute Gasteiger partial charge is 0.342 e. The Morgan fingerprint density at radius 2 is 2.33 bits per heavy atom. The first-order valence-electron chi connectivity index (χ1n) is 7.25. The molecule has 1 aliphatic rings. The molecule has 0 saturated heterocycles. The number of hydrogen-bond acceptors (Lipinski definition) is 4. The van der Waals surface area contributed by atoms with E-state index in [2.05, 4.69) is 16.9 Å². The Hall–Kier alpha value is -1.75. The number of aromatic nitrogens is 2. The maximum absolute atomic E-state index is 12.3. The normalized spacial score (nSPS) is 15.7. The molecule has 4 nitrogen and oxygen atoms in total. The summed E-state index contributed by atoms with van der Waals surface area (Å²) in [7, 11) is 1.90. The third-order valence-corrected chi connectivity index (χ3v) is 5.04. The summed E-state index contributed by atoms with van der Waals surface area (Å²) >= 11 is 1.56. The van der Waals surface area contributed by atoms with Crippen LogP contribution in [0.25, 0.3) is 10.6 Å². The molecule has 0 aliphatic heterocycles. The van der Waals surface area contributed by atoms with Crippen LogP contribution in [0.4, 0.5) is 0 Å². The molecule has 1 unspecified atom stereocenters. The van der Waals surface area contributed by atoms with Gasteiger partial charge in [-0.25, -0.2) is 4.98 Å². The van der Waals surface area contributed by atoms with Crippen LogP contribution in [-0.2, 0) is 11.2 Å². The van der Waals surface area contributed by atoms with Crippen molar-refractivity contribution in [2.75, 3.05) is 7.05 Å². The van der Waals surface area contributed by atoms with Crippen LogP contribution in [0.3, 0.4) is 0 Å².